The minimum atomic E-state index is -0.243. The zero-order valence-electron chi connectivity index (χ0n) is 20.9. The summed E-state index contributed by atoms with van der Waals surface area (Å²) in [6.45, 7) is 2.97. The minimum Gasteiger partial charge on any atom is -0.341 e. The Kier molecular flexibility index (Phi) is 5.20. The molecule has 5 heterocycles. The van der Waals surface area contributed by atoms with Gasteiger partial charge in [0.25, 0.3) is 5.56 Å². The molecule has 1 aliphatic carbocycles. The maximum absolute atomic E-state index is 13.6. The molecule has 7 rings (SSSR count). The first kappa shape index (κ1) is 22.6. The summed E-state index contributed by atoms with van der Waals surface area (Å²) in [6.07, 6.45) is 12.4. The van der Waals surface area contributed by atoms with Crippen LogP contribution >= 0.6 is 0 Å². The number of fused-ring (bicyclic) bond motifs is 1. The molecule has 1 atom stereocenters. The van der Waals surface area contributed by atoms with Crippen molar-refractivity contribution in [2.24, 2.45) is 0 Å². The largest absolute Gasteiger partial charge is 0.341 e. The van der Waals surface area contributed by atoms with Crippen molar-refractivity contribution in [3.63, 3.8) is 0 Å². The van der Waals surface area contributed by atoms with Crippen molar-refractivity contribution in [1.29, 1.82) is 0 Å². The lowest BCUT2D eigenvalue weighted by atomic mass is 10.2. The van der Waals surface area contributed by atoms with E-state index in [0.29, 0.717) is 35.2 Å². The van der Waals surface area contributed by atoms with E-state index >= 15 is 0 Å². The monoisotopic (exact) mass is 506 g/mol. The molecular weight excluding hydrogens is 480 g/mol. The van der Waals surface area contributed by atoms with Gasteiger partial charge in [-0.05, 0) is 43.5 Å². The molecular formula is C28H26N8O2. The van der Waals surface area contributed by atoms with Crippen LogP contribution in [0.5, 0.6) is 0 Å². The van der Waals surface area contributed by atoms with E-state index in [0.717, 1.165) is 29.7 Å². The van der Waals surface area contributed by atoms with Crippen LogP contribution in [-0.4, -0.2) is 57.8 Å². The van der Waals surface area contributed by atoms with Crippen molar-refractivity contribution in [2.75, 3.05) is 13.1 Å². The van der Waals surface area contributed by atoms with Gasteiger partial charge in [-0.1, -0.05) is 12.1 Å². The molecule has 10 heteroatoms. The van der Waals surface area contributed by atoms with Crippen LogP contribution in [0.4, 0.5) is 0 Å². The summed E-state index contributed by atoms with van der Waals surface area (Å²) in [5.74, 6) is 1.76. The number of likely N-dealkylation sites (tertiary alicyclic amines) is 1. The van der Waals surface area contributed by atoms with Gasteiger partial charge in [-0.15, -0.1) is 0 Å². The molecule has 190 valence electrons. The Labute approximate surface area is 218 Å². The van der Waals surface area contributed by atoms with Crippen molar-refractivity contribution < 1.29 is 4.79 Å². The Bertz CT molecular complexity index is 1750. The molecule has 0 radical (unpaired) electrons. The number of carbonyl (C=O) groups is 1. The fraction of sp³-hybridized carbons (Fsp3) is 0.286. The zero-order chi connectivity index (χ0) is 25.8. The molecule has 38 heavy (non-hydrogen) atoms. The number of benzene rings is 1. The van der Waals surface area contributed by atoms with Crippen molar-refractivity contribution in [3.05, 3.63) is 83.6 Å². The Morgan fingerprint density at radius 3 is 2.79 bits per heavy atom. The first-order chi connectivity index (χ1) is 18.5. The maximum atomic E-state index is 13.6. The molecule has 0 bridgehead atoms. The molecule has 1 unspecified atom stereocenters. The van der Waals surface area contributed by atoms with Crippen molar-refractivity contribution in [1.82, 2.24) is 38.8 Å². The van der Waals surface area contributed by atoms with Crippen LogP contribution in [0.15, 0.2) is 72.3 Å². The van der Waals surface area contributed by atoms with Crippen molar-refractivity contribution >= 4 is 16.7 Å². The summed E-state index contributed by atoms with van der Waals surface area (Å²) >= 11 is 0. The number of pyridine rings is 1. The first-order valence-corrected chi connectivity index (χ1v) is 12.9. The molecule has 1 aromatic carbocycles. The second-order valence-corrected chi connectivity index (χ2v) is 10.1. The smallest absolute Gasteiger partial charge is 0.280 e. The summed E-state index contributed by atoms with van der Waals surface area (Å²) in [6, 6.07) is 11.4. The van der Waals surface area contributed by atoms with Gasteiger partial charge >= 0.3 is 0 Å². The average molecular weight is 507 g/mol. The number of carbonyl (C=O) groups excluding carboxylic acids is 1. The van der Waals surface area contributed by atoms with Crippen LogP contribution in [0.3, 0.4) is 0 Å². The van der Waals surface area contributed by atoms with Gasteiger partial charge in [-0.25, -0.2) is 15.0 Å². The molecule has 1 aliphatic heterocycles. The summed E-state index contributed by atoms with van der Waals surface area (Å²) in [4.78, 5) is 41.1. The highest BCUT2D eigenvalue weighted by atomic mass is 16.2. The van der Waals surface area contributed by atoms with Crippen LogP contribution in [0, 0.1) is 0 Å². The van der Waals surface area contributed by atoms with Gasteiger partial charge in [0.15, 0.2) is 11.6 Å². The normalized spacial score (nSPS) is 17.4. The molecule has 2 aliphatic rings. The van der Waals surface area contributed by atoms with Gasteiger partial charge in [-0.2, -0.15) is 9.78 Å². The summed E-state index contributed by atoms with van der Waals surface area (Å²) < 4.78 is 5.37. The highest BCUT2D eigenvalue weighted by molar-refractivity contribution is 5.83. The van der Waals surface area contributed by atoms with Crippen LogP contribution in [-0.2, 0) is 4.79 Å². The Balaban J connectivity index is 1.24. The summed E-state index contributed by atoms with van der Waals surface area (Å²) in [7, 11) is 0. The molecule has 5 aromatic rings. The Morgan fingerprint density at radius 1 is 1.08 bits per heavy atom. The molecule has 4 aromatic heterocycles. The van der Waals surface area contributed by atoms with Gasteiger partial charge in [0.2, 0.25) is 5.91 Å². The summed E-state index contributed by atoms with van der Waals surface area (Å²) in [5.41, 5.74) is 2.38. The third kappa shape index (κ3) is 3.89. The van der Waals surface area contributed by atoms with E-state index in [1.165, 1.54) is 17.5 Å². The van der Waals surface area contributed by atoms with Gasteiger partial charge in [0, 0.05) is 55.6 Å². The van der Waals surface area contributed by atoms with E-state index in [4.69, 9.17) is 4.98 Å². The molecule has 2 fully saturated rings. The standard InChI is InChI=1S/C28H26N8O2/c1-18(37)33-11-9-22(15-33)35-12-10-29-27(35)24-3-2-4-26(32-24)36-28(38)23-13-21(8-7-20(23)14-31-36)34-16-25(30-17-34)19-5-6-19/h2-4,7-8,10,12-14,16-17,19,22H,5-6,9,11,15H2,1H3. The third-order valence-corrected chi connectivity index (χ3v) is 7.52. The quantitative estimate of drug-likeness (QED) is 0.361. The Morgan fingerprint density at radius 2 is 1.97 bits per heavy atom. The van der Waals surface area contributed by atoms with Gasteiger partial charge in [0.1, 0.15) is 5.69 Å². The van der Waals surface area contributed by atoms with Gasteiger partial charge in [0.05, 0.1) is 29.6 Å². The lowest BCUT2D eigenvalue weighted by Gasteiger charge is -2.17. The van der Waals surface area contributed by atoms with E-state index in [9.17, 15) is 9.59 Å². The number of hydrogen-bond acceptors (Lipinski definition) is 6. The molecule has 0 spiro atoms. The molecule has 1 saturated carbocycles. The Hall–Kier alpha value is -4.60. The third-order valence-electron chi connectivity index (χ3n) is 7.52. The second-order valence-electron chi connectivity index (χ2n) is 10.1. The molecule has 1 saturated heterocycles. The van der Waals surface area contributed by atoms with Crippen LogP contribution in [0.1, 0.15) is 43.8 Å². The predicted octanol–water partition coefficient (Wildman–Crippen LogP) is 3.50. The fourth-order valence-corrected chi connectivity index (χ4v) is 5.25. The van der Waals surface area contributed by atoms with Gasteiger partial charge < -0.3 is 14.0 Å². The number of hydrogen-bond donors (Lipinski definition) is 0. The topological polar surface area (TPSA) is 104 Å². The van der Waals surface area contributed by atoms with Crippen LogP contribution in [0.25, 0.3) is 33.8 Å². The number of amides is 1. The average Bonchev–Trinajstić information content (AvgIpc) is 3.32. The number of aromatic nitrogens is 7. The van der Waals surface area contributed by atoms with Crippen molar-refractivity contribution in [3.8, 4) is 23.0 Å². The highest BCUT2D eigenvalue weighted by Crippen LogP contribution is 2.39. The number of imidazole rings is 2. The van der Waals surface area contributed by atoms with E-state index in [1.807, 2.05) is 58.5 Å². The number of nitrogens with zero attached hydrogens (tertiary/aromatic N) is 8. The van der Waals surface area contributed by atoms with Gasteiger partial charge in [-0.3, -0.25) is 9.59 Å². The van der Waals surface area contributed by atoms with Crippen LogP contribution in [0.2, 0.25) is 0 Å². The summed E-state index contributed by atoms with van der Waals surface area (Å²) in [5, 5.41) is 5.74. The first-order valence-electron chi connectivity index (χ1n) is 12.9. The van der Waals surface area contributed by atoms with E-state index in [2.05, 4.69) is 19.6 Å². The van der Waals surface area contributed by atoms with E-state index in [-0.39, 0.29) is 17.5 Å². The van der Waals surface area contributed by atoms with Crippen LogP contribution < -0.4 is 5.56 Å². The van der Waals surface area contributed by atoms with E-state index < -0.39 is 0 Å². The molecule has 0 N–H and O–H groups in total. The minimum absolute atomic E-state index is 0.0793. The number of rotatable bonds is 5. The predicted molar refractivity (Wildman–Crippen MR) is 141 cm³/mol. The maximum Gasteiger partial charge on any atom is 0.280 e. The van der Waals surface area contributed by atoms with E-state index in [1.54, 1.807) is 25.4 Å². The molecule has 10 nitrogen and oxygen atoms in total. The SMILES string of the molecule is CC(=O)N1CCC(n2ccnc2-c2cccc(-n3ncc4ccc(-n5cnc(C6CC6)c5)cc4c3=O)n2)C1. The van der Waals surface area contributed by atoms with Crippen molar-refractivity contribution in [2.45, 2.75) is 38.1 Å². The molecule has 1 amide bonds. The highest BCUT2D eigenvalue weighted by Gasteiger charge is 2.28. The lowest BCUT2D eigenvalue weighted by molar-refractivity contribution is -0.127. The lowest BCUT2D eigenvalue weighted by Crippen LogP contribution is -2.26. The second kappa shape index (κ2) is 8.76. The zero-order valence-corrected chi connectivity index (χ0v) is 20.9. The fourth-order valence-electron chi connectivity index (χ4n) is 5.25.